The average Bonchev–Trinajstić information content (AvgIpc) is 3.00. The summed E-state index contributed by atoms with van der Waals surface area (Å²) < 4.78 is 39.6. The highest BCUT2D eigenvalue weighted by molar-refractivity contribution is 7.92. The van der Waals surface area contributed by atoms with E-state index in [9.17, 15) is 18.0 Å². The predicted molar refractivity (Wildman–Crippen MR) is 108 cm³/mol. The molecule has 1 heterocycles. The van der Waals surface area contributed by atoms with Gasteiger partial charge in [0, 0.05) is 12.8 Å². The van der Waals surface area contributed by atoms with E-state index in [2.05, 4.69) is 4.72 Å². The van der Waals surface area contributed by atoms with Crippen molar-refractivity contribution in [3.8, 4) is 11.5 Å². The van der Waals surface area contributed by atoms with Gasteiger partial charge < -0.3 is 9.47 Å². The molecule has 2 amide bonds. The smallest absolute Gasteiger partial charge is 0.265 e. The minimum Gasteiger partial charge on any atom is -0.495 e. The van der Waals surface area contributed by atoms with Crippen molar-refractivity contribution in [1.29, 1.82) is 0 Å². The van der Waals surface area contributed by atoms with Gasteiger partial charge in [0.1, 0.15) is 16.4 Å². The fourth-order valence-corrected chi connectivity index (χ4v) is 4.25. The second-order valence-electron chi connectivity index (χ2n) is 6.73. The first-order valence-corrected chi connectivity index (χ1v) is 10.5. The van der Waals surface area contributed by atoms with E-state index in [1.807, 2.05) is 13.8 Å². The van der Waals surface area contributed by atoms with Crippen molar-refractivity contribution in [2.24, 2.45) is 0 Å². The number of carbonyl (C=O) groups is 2. The van der Waals surface area contributed by atoms with Gasteiger partial charge in [0.25, 0.3) is 10.0 Å². The van der Waals surface area contributed by atoms with Crippen molar-refractivity contribution in [3.05, 3.63) is 42.5 Å². The predicted octanol–water partition coefficient (Wildman–Crippen LogP) is 2.94. The van der Waals surface area contributed by atoms with Crippen LogP contribution < -0.4 is 19.1 Å². The molecule has 0 bridgehead atoms. The molecule has 0 unspecified atom stereocenters. The molecule has 1 aliphatic rings. The van der Waals surface area contributed by atoms with Crippen LogP contribution in [-0.4, -0.2) is 33.4 Å². The molecule has 154 valence electrons. The monoisotopic (exact) mass is 418 g/mol. The summed E-state index contributed by atoms with van der Waals surface area (Å²) in [5, 5.41) is 0. The van der Waals surface area contributed by atoms with Crippen molar-refractivity contribution in [3.63, 3.8) is 0 Å². The highest BCUT2D eigenvalue weighted by atomic mass is 32.2. The molecule has 9 heteroatoms. The molecule has 0 spiro atoms. The summed E-state index contributed by atoms with van der Waals surface area (Å²) in [5.74, 6) is -0.270. The van der Waals surface area contributed by atoms with Crippen molar-refractivity contribution in [2.45, 2.75) is 37.7 Å². The number of benzene rings is 2. The van der Waals surface area contributed by atoms with Crippen molar-refractivity contribution >= 4 is 33.2 Å². The van der Waals surface area contributed by atoms with Crippen LogP contribution in [0.4, 0.5) is 11.4 Å². The topological polar surface area (TPSA) is 102 Å². The number of hydrogen-bond acceptors (Lipinski definition) is 6. The first kappa shape index (κ1) is 20.7. The number of hydrogen-bond donors (Lipinski definition) is 1. The summed E-state index contributed by atoms with van der Waals surface area (Å²) in [7, 11) is -2.76. The van der Waals surface area contributed by atoms with Gasteiger partial charge in [-0.25, -0.2) is 8.42 Å². The summed E-state index contributed by atoms with van der Waals surface area (Å²) in [5.41, 5.74) is 0.451. The molecule has 8 nitrogen and oxygen atoms in total. The molecule has 0 radical (unpaired) electrons. The number of anilines is 2. The zero-order valence-electron chi connectivity index (χ0n) is 16.3. The zero-order chi connectivity index (χ0) is 21.2. The van der Waals surface area contributed by atoms with E-state index >= 15 is 0 Å². The molecule has 1 N–H and O–H groups in total. The lowest BCUT2D eigenvalue weighted by Crippen LogP contribution is -2.28. The number of nitrogens with zero attached hydrogens (tertiary/aromatic N) is 1. The summed E-state index contributed by atoms with van der Waals surface area (Å²) in [6.45, 7) is 3.67. The third-order valence-corrected chi connectivity index (χ3v) is 5.63. The van der Waals surface area contributed by atoms with E-state index in [0.29, 0.717) is 5.75 Å². The lowest BCUT2D eigenvalue weighted by molar-refractivity contribution is -0.121. The molecule has 2 aromatic rings. The summed E-state index contributed by atoms with van der Waals surface area (Å²) >= 11 is 0. The Kier molecular flexibility index (Phi) is 5.78. The van der Waals surface area contributed by atoms with Crippen molar-refractivity contribution in [2.75, 3.05) is 16.7 Å². The van der Waals surface area contributed by atoms with Crippen LogP contribution in [0.5, 0.6) is 11.5 Å². The van der Waals surface area contributed by atoms with Crippen LogP contribution in [0.2, 0.25) is 0 Å². The number of imide groups is 1. The second kappa shape index (κ2) is 8.12. The summed E-state index contributed by atoms with van der Waals surface area (Å²) in [4.78, 5) is 24.9. The van der Waals surface area contributed by atoms with E-state index < -0.39 is 10.0 Å². The molecule has 1 fully saturated rings. The first-order chi connectivity index (χ1) is 13.7. The third kappa shape index (κ3) is 4.34. The number of para-hydroxylation sites is 2. The first-order valence-electron chi connectivity index (χ1n) is 9.05. The largest absolute Gasteiger partial charge is 0.495 e. The van der Waals surface area contributed by atoms with Crippen LogP contribution in [0.15, 0.2) is 47.4 Å². The quantitative estimate of drug-likeness (QED) is 0.694. The minimum atomic E-state index is -4.11. The highest BCUT2D eigenvalue weighted by Crippen LogP contribution is 2.34. The van der Waals surface area contributed by atoms with E-state index in [1.54, 1.807) is 24.3 Å². The van der Waals surface area contributed by atoms with E-state index in [0.717, 1.165) is 4.90 Å². The number of carbonyl (C=O) groups excluding carboxylic acids is 2. The van der Waals surface area contributed by atoms with Crippen LogP contribution >= 0.6 is 0 Å². The lowest BCUT2D eigenvalue weighted by Gasteiger charge is -2.19. The Morgan fingerprint density at radius 2 is 1.66 bits per heavy atom. The van der Waals surface area contributed by atoms with Crippen LogP contribution in [0.25, 0.3) is 0 Å². The number of nitrogens with one attached hydrogen (secondary N) is 1. The Bertz CT molecular complexity index is 1030. The summed E-state index contributed by atoms with van der Waals surface area (Å²) in [6.07, 6.45) is 0.0571. The molecule has 0 atom stereocenters. The molecule has 2 aromatic carbocycles. The van der Waals surface area contributed by atoms with Crippen molar-refractivity contribution in [1.82, 2.24) is 0 Å². The van der Waals surface area contributed by atoms with Gasteiger partial charge in [-0.2, -0.15) is 0 Å². The maximum absolute atomic E-state index is 13.1. The van der Waals surface area contributed by atoms with Gasteiger partial charge in [-0.15, -0.1) is 0 Å². The van der Waals surface area contributed by atoms with E-state index in [-0.39, 0.29) is 52.8 Å². The Hall–Kier alpha value is -3.07. The molecule has 29 heavy (non-hydrogen) atoms. The number of sulfonamides is 1. The maximum Gasteiger partial charge on any atom is 0.265 e. The standard InChI is InChI=1S/C20H22N2O6S/c1-13(2)28-16-7-5-4-6-15(16)21-29(25,26)18-12-14(8-9-17(18)27-3)22-19(23)10-11-20(22)24/h4-9,12-13,21H,10-11H2,1-3H3. The Morgan fingerprint density at radius 3 is 2.28 bits per heavy atom. The molecule has 1 saturated heterocycles. The van der Waals surface area contributed by atoms with E-state index in [1.165, 1.54) is 25.3 Å². The summed E-state index contributed by atoms with van der Waals surface area (Å²) in [6, 6.07) is 10.8. The maximum atomic E-state index is 13.1. The number of ether oxygens (including phenoxy) is 2. The Balaban J connectivity index is 2.01. The molecular weight excluding hydrogens is 396 g/mol. The Morgan fingerprint density at radius 1 is 1.00 bits per heavy atom. The lowest BCUT2D eigenvalue weighted by atomic mass is 10.2. The molecule has 3 rings (SSSR count). The fraction of sp³-hybridized carbons (Fsp3) is 0.300. The normalized spacial score (nSPS) is 14.4. The van der Waals surface area contributed by atoms with Gasteiger partial charge in [-0.1, -0.05) is 12.1 Å². The second-order valence-corrected chi connectivity index (χ2v) is 8.38. The third-order valence-electron chi connectivity index (χ3n) is 4.24. The minimum absolute atomic E-state index is 0.0857. The van der Waals surface area contributed by atoms with Gasteiger partial charge >= 0.3 is 0 Å². The molecule has 1 aliphatic heterocycles. The number of amides is 2. The van der Waals surface area contributed by atoms with Gasteiger partial charge in [0.15, 0.2) is 0 Å². The zero-order valence-corrected chi connectivity index (χ0v) is 17.2. The molecule has 0 aliphatic carbocycles. The van der Waals surface area contributed by atoms with Gasteiger partial charge in [-0.3, -0.25) is 19.2 Å². The van der Waals surface area contributed by atoms with E-state index in [4.69, 9.17) is 9.47 Å². The van der Waals surface area contributed by atoms with Crippen LogP contribution in [-0.2, 0) is 19.6 Å². The van der Waals surface area contributed by atoms with Crippen LogP contribution in [0.1, 0.15) is 26.7 Å². The van der Waals surface area contributed by atoms with Gasteiger partial charge in [-0.05, 0) is 44.2 Å². The number of rotatable bonds is 7. The van der Waals surface area contributed by atoms with Crippen LogP contribution in [0.3, 0.4) is 0 Å². The van der Waals surface area contributed by atoms with Crippen LogP contribution in [0, 0.1) is 0 Å². The average molecular weight is 418 g/mol. The molecule has 0 aromatic heterocycles. The fourth-order valence-electron chi connectivity index (χ4n) is 2.99. The molecule has 0 saturated carbocycles. The van der Waals surface area contributed by atoms with Gasteiger partial charge in [0.05, 0.1) is 24.6 Å². The highest BCUT2D eigenvalue weighted by Gasteiger charge is 2.32. The number of methoxy groups -OCH3 is 1. The molecular formula is C20H22N2O6S. The van der Waals surface area contributed by atoms with Gasteiger partial charge in [0.2, 0.25) is 11.8 Å². The SMILES string of the molecule is COc1ccc(N2C(=O)CCC2=O)cc1S(=O)(=O)Nc1ccccc1OC(C)C. The Labute approximate surface area is 169 Å². The van der Waals surface area contributed by atoms with Crippen molar-refractivity contribution < 1.29 is 27.5 Å².